The van der Waals surface area contributed by atoms with E-state index in [-0.39, 0.29) is 12.1 Å². The fourth-order valence-electron chi connectivity index (χ4n) is 1.92. The van der Waals surface area contributed by atoms with Crippen molar-refractivity contribution in [3.63, 3.8) is 0 Å². The Morgan fingerprint density at radius 1 is 1.04 bits per heavy atom. The molecule has 0 aromatic heterocycles. The number of anilines is 2. The van der Waals surface area contributed by atoms with Gasteiger partial charge in [-0.2, -0.15) is 18.3 Å². The molecule has 0 spiro atoms. The van der Waals surface area contributed by atoms with Crippen LogP contribution in [0.5, 0.6) is 0 Å². The van der Waals surface area contributed by atoms with Crippen LogP contribution in [0.15, 0.2) is 59.7 Å². The summed E-state index contributed by atoms with van der Waals surface area (Å²) in [5, 5.41) is 6.49. The summed E-state index contributed by atoms with van der Waals surface area (Å²) in [6.07, 6.45) is -4.48. The highest BCUT2D eigenvalue weighted by molar-refractivity contribution is 6.05. The number of hydrogen-bond donors (Lipinski definition) is 2. The van der Waals surface area contributed by atoms with Gasteiger partial charge in [-0.1, -0.05) is 24.3 Å². The third-order valence-electron chi connectivity index (χ3n) is 3.04. The van der Waals surface area contributed by atoms with Gasteiger partial charge >= 0.3 is 6.18 Å². The van der Waals surface area contributed by atoms with Crippen LogP contribution in [0.4, 0.5) is 24.5 Å². The summed E-state index contributed by atoms with van der Waals surface area (Å²) in [5.41, 5.74) is 3.37. The Kier molecular flexibility index (Phi) is 5.57. The molecule has 0 radical (unpaired) electrons. The van der Waals surface area contributed by atoms with E-state index >= 15 is 0 Å². The lowest BCUT2D eigenvalue weighted by Gasteiger charge is -2.10. The second-order valence-corrected chi connectivity index (χ2v) is 5.13. The van der Waals surface area contributed by atoms with Crippen molar-refractivity contribution in [3.05, 3.63) is 60.2 Å². The van der Waals surface area contributed by atoms with Crippen LogP contribution in [0.25, 0.3) is 0 Å². The number of carbonyl (C=O) groups excluding carboxylic acids is 1. The first kappa shape index (κ1) is 17.5. The standard InChI is InChI=1S/C17H16F3N3O/c1-12(22-23-14-7-3-2-4-8-14)10-16(24)21-15-9-5-6-13(11-15)17(18,19)20/h2-9,11,23H,10H2,1H3,(H,21,24). The molecular formula is C17H16F3N3O. The van der Waals surface area contributed by atoms with Crippen molar-refractivity contribution in [1.82, 2.24) is 0 Å². The summed E-state index contributed by atoms with van der Waals surface area (Å²) < 4.78 is 37.9. The number of benzene rings is 2. The summed E-state index contributed by atoms with van der Waals surface area (Å²) >= 11 is 0. The van der Waals surface area contributed by atoms with E-state index in [1.54, 1.807) is 6.92 Å². The molecule has 0 aliphatic heterocycles. The van der Waals surface area contributed by atoms with Crippen LogP contribution in [-0.4, -0.2) is 11.6 Å². The monoisotopic (exact) mass is 335 g/mol. The fourth-order valence-corrected chi connectivity index (χ4v) is 1.92. The second-order valence-electron chi connectivity index (χ2n) is 5.13. The Bertz CT molecular complexity index is 727. The van der Waals surface area contributed by atoms with Crippen molar-refractivity contribution in [2.45, 2.75) is 19.5 Å². The molecule has 1 amide bonds. The van der Waals surface area contributed by atoms with Crippen LogP contribution in [0, 0.1) is 0 Å². The first-order valence-electron chi connectivity index (χ1n) is 7.16. The van der Waals surface area contributed by atoms with Crippen LogP contribution in [0.2, 0.25) is 0 Å². The molecule has 7 heteroatoms. The van der Waals surface area contributed by atoms with Crippen molar-refractivity contribution in [2.24, 2.45) is 5.10 Å². The van der Waals surface area contributed by atoms with Gasteiger partial charge in [0.2, 0.25) is 5.91 Å². The van der Waals surface area contributed by atoms with E-state index in [2.05, 4.69) is 15.8 Å². The van der Waals surface area contributed by atoms with Gasteiger partial charge in [0.1, 0.15) is 0 Å². The molecule has 24 heavy (non-hydrogen) atoms. The van der Waals surface area contributed by atoms with E-state index in [0.717, 1.165) is 17.8 Å². The minimum atomic E-state index is -4.45. The molecule has 0 bridgehead atoms. The molecule has 2 aromatic rings. The second kappa shape index (κ2) is 7.63. The van der Waals surface area contributed by atoms with Crippen molar-refractivity contribution in [2.75, 3.05) is 10.7 Å². The number of hydrogen-bond acceptors (Lipinski definition) is 3. The lowest BCUT2D eigenvalue weighted by molar-refractivity contribution is -0.137. The number of amides is 1. The Morgan fingerprint density at radius 3 is 2.38 bits per heavy atom. The van der Waals surface area contributed by atoms with Crippen LogP contribution in [-0.2, 0) is 11.0 Å². The third-order valence-corrected chi connectivity index (χ3v) is 3.04. The topological polar surface area (TPSA) is 53.5 Å². The summed E-state index contributed by atoms with van der Waals surface area (Å²) in [5.74, 6) is -0.439. The van der Waals surface area contributed by atoms with Gasteiger partial charge in [0.15, 0.2) is 0 Å². The van der Waals surface area contributed by atoms with Gasteiger partial charge in [-0.25, -0.2) is 0 Å². The minimum absolute atomic E-state index is 0.0317. The molecule has 0 aliphatic rings. The first-order chi connectivity index (χ1) is 11.3. The van der Waals surface area contributed by atoms with Crippen LogP contribution in [0.1, 0.15) is 18.9 Å². The largest absolute Gasteiger partial charge is 0.416 e. The van der Waals surface area contributed by atoms with Crippen LogP contribution < -0.4 is 10.7 Å². The van der Waals surface area contributed by atoms with Gasteiger partial charge in [0.05, 0.1) is 17.7 Å². The predicted octanol–water partition coefficient (Wildman–Crippen LogP) is 4.52. The normalized spacial score (nSPS) is 11.9. The predicted molar refractivity (Wildman–Crippen MR) is 87.9 cm³/mol. The number of nitrogens with zero attached hydrogens (tertiary/aromatic N) is 1. The third kappa shape index (κ3) is 5.42. The summed E-state index contributed by atoms with van der Waals surface area (Å²) in [4.78, 5) is 11.9. The summed E-state index contributed by atoms with van der Waals surface area (Å²) in [6, 6.07) is 13.7. The van der Waals surface area contributed by atoms with E-state index in [1.807, 2.05) is 30.3 Å². The average Bonchev–Trinajstić information content (AvgIpc) is 2.53. The van der Waals surface area contributed by atoms with E-state index in [1.165, 1.54) is 12.1 Å². The van der Waals surface area contributed by atoms with Crippen molar-refractivity contribution in [1.29, 1.82) is 0 Å². The van der Waals surface area contributed by atoms with E-state index in [0.29, 0.717) is 5.71 Å². The molecule has 0 unspecified atom stereocenters. The van der Waals surface area contributed by atoms with Gasteiger partial charge in [-0.05, 0) is 37.3 Å². The molecular weight excluding hydrogens is 319 g/mol. The highest BCUT2D eigenvalue weighted by atomic mass is 19.4. The van der Waals surface area contributed by atoms with E-state index in [9.17, 15) is 18.0 Å². The highest BCUT2D eigenvalue weighted by Crippen LogP contribution is 2.30. The quantitative estimate of drug-likeness (QED) is 0.623. The van der Waals surface area contributed by atoms with Crippen molar-refractivity contribution < 1.29 is 18.0 Å². The van der Waals surface area contributed by atoms with Gasteiger partial charge in [-0.15, -0.1) is 0 Å². The number of nitrogens with one attached hydrogen (secondary N) is 2. The van der Waals surface area contributed by atoms with Crippen molar-refractivity contribution >= 4 is 23.0 Å². The molecule has 0 saturated heterocycles. The molecule has 4 nitrogen and oxygen atoms in total. The van der Waals surface area contributed by atoms with Gasteiger partial charge < -0.3 is 5.32 Å². The average molecular weight is 335 g/mol. The number of carbonyl (C=O) groups is 1. The molecule has 0 saturated carbocycles. The van der Waals surface area contributed by atoms with Gasteiger partial charge in [-0.3, -0.25) is 10.2 Å². The SMILES string of the molecule is CC(CC(=O)Nc1cccc(C(F)(F)F)c1)=NNc1ccccc1. The van der Waals surface area contributed by atoms with E-state index < -0.39 is 17.6 Å². The molecule has 2 N–H and O–H groups in total. The Balaban J connectivity index is 1.93. The molecule has 126 valence electrons. The molecule has 2 rings (SSSR count). The maximum Gasteiger partial charge on any atom is 0.416 e. The highest BCUT2D eigenvalue weighted by Gasteiger charge is 2.30. The Labute approximate surface area is 137 Å². The van der Waals surface area contributed by atoms with Gasteiger partial charge in [0.25, 0.3) is 0 Å². The zero-order valence-electron chi connectivity index (χ0n) is 12.9. The fraction of sp³-hybridized carbons (Fsp3) is 0.176. The maximum atomic E-state index is 12.6. The molecule has 0 atom stereocenters. The first-order valence-corrected chi connectivity index (χ1v) is 7.16. The van der Waals surface area contributed by atoms with Crippen molar-refractivity contribution in [3.8, 4) is 0 Å². The van der Waals surface area contributed by atoms with Crippen LogP contribution in [0.3, 0.4) is 0 Å². The number of rotatable bonds is 5. The zero-order valence-corrected chi connectivity index (χ0v) is 12.9. The minimum Gasteiger partial charge on any atom is -0.326 e. The van der Waals surface area contributed by atoms with Crippen LogP contribution >= 0.6 is 0 Å². The Morgan fingerprint density at radius 2 is 1.71 bits per heavy atom. The molecule has 0 fully saturated rings. The molecule has 0 aliphatic carbocycles. The Hall–Kier alpha value is -2.83. The molecule has 2 aromatic carbocycles. The smallest absolute Gasteiger partial charge is 0.326 e. The number of alkyl halides is 3. The lowest BCUT2D eigenvalue weighted by atomic mass is 10.2. The number of para-hydroxylation sites is 1. The zero-order chi connectivity index (χ0) is 17.6. The number of halogens is 3. The lowest BCUT2D eigenvalue weighted by Crippen LogP contribution is -2.16. The summed E-state index contributed by atoms with van der Waals surface area (Å²) in [6.45, 7) is 1.65. The number of hydrazone groups is 1. The maximum absolute atomic E-state index is 12.6. The van der Waals surface area contributed by atoms with Gasteiger partial charge in [0, 0.05) is 11.4 Å². The summed E-state index contributed by atoms with van der Waals surface area (Å²) in [7, 11) is 0. The van der Waals surface area contributed by atoms with E-state index in [4.69, 9.17) is 0 Å². The molecule has 0 heterocycles.